The van der Waals surface area contributed by atoms with Crippen LogP contribution in [-0.2, 0) is 6.54 Å². The van der Waals surface area contributed by atoms with Crippen molar-refractivity contribution in [3.05, 3.63) is 128 Å². The first-order valence-electron chi connectivity index (χ1n) is 10.8. The van der Waals surface area contributed by atoms with Crippen molar-refractivity contribution < 1.29 is 9.18 Å². The lowest BCUT2D eigenvalue weighted by Crippen LogP contribution is -2.46. The van der Waals surface area contributed by atoms with E-state index in [-0.39, 0.29) is 12.2 Å². The Hall–Kier alpha value is -4.33. The number of nitrogens with one attached hydrogen (secondary N) is 1. The zero-order valence-corrected chi connectivity index (χ0v) is 18.7. The quantitative estimate of drug-likeness (QED) is 0.480. The van der Waals surface area contributed by atoms with Crippen molar-refractivity contribution in [2.75, 3.05) is 0 Å². The van der Waals surface area contributed by atoms with E-state index in [1.807, 2.05) is 49.4 Å². The lowest BCUT2D eigenvalue weighted by Gasteiger charge is -2.16. The van der Waals surface area contributed by atoms with Crippen LogP contribution in [0, 0.1) is 12.7 Å². The maximum atomic E-state index is 14.5. The van der Waals surface area contributed by atoms with Crippen LogP contribution >= 0.6 is 0 Å². The fourth-order valence-corrected chi connectivity index (χ4v) is 3.66. The minimum Gasteiger partial charge on any atom is -0.344 e. The van der Waals surface area contributed by atoms with Gasteiger partial charge in [0.25, 0.3) is 11.5 Å². The minimum atomic E-state index is -0.850. The van der Waals surface area contributed by atoms with E-state index in [2.05, 4.69) is 10.4 Å². The summed E-state index contributed by atoms with van der Waals surface area (Å²) in [4.78, 5) is 39.5. The van der Waals surface area contributed by atoms with E-state index in [0.717, 1.165) is 20.4 Å². The third kappa shape index (κ3) is 4.71. The van der Waals surface area contributed by atoms with Crippen molar-refractivity contribution in [1.82, 2.24) is 19.7 Å². The molecule has 1 amide bonds. The Kier molecular flexibility index (Phi) is 6.49. The van der Waals surface area contributed by atoms with Crippen LogP contribution in [0.5, 0.6) is 0 Å². The first-order chi connectivity index (χ1) is 16.3. The topological polar surface area (TPSA) is 86.0 Å². The molecule has 0 aliphatic carbocycles. The predicted molar refractivity (Wildman–Crippen MR) is 127 cm³/mol. The van der Waals surface area contributed by atoms with Gasteiger partial charge < -0.3 is 5.32 Å². The molecule has 172 valence electrons. The highest BCUT2D eigenvalue weighted by atomic mass is 19.1. The number of amides is 1. The van der Waals surface area contributed by atoms with E-state index in [9.17, 15) is 18.8 Å². The number of para-hydroxylation sites is 1. The van der Waals surface area contributed by atoms with Crippen LogP contribution in [0.4, 0.5) is 4.39 Å². The summed E-state index contributed by atoms with van der Waals surface area (Å²) in [5.41, 5.74) is 0.117. The Labute approximate surface area is 195 Å². The van der Waals surface area contributed by atoms with Gasteiger partial charge in [-0.15, -0.1) is 0 Å². The second kappa shape index (κ2) is 9.66. The minimum absolute atomic E-state index is 0.0924. The van der Waals surface area contributed by atoms with Gasteiger partial charge in [-0.1, -0.05) is 72.3 Å². The number of benzene rings is 3. The fraction of sp³-hybridized carbons (Fsp3) is 0.154. The highest BCUT2D eigenvalue weighted by Crippen LogP contribution is 2.13. The van der Waals surface area contributed by atoms with Crippen LogP contribution < -0.4 is 16.6 Å². The summed E-state index contributed by atoms with van der Waals surface area (Å²) in [6.45, 7) is 3.57. The summed E-state index contributed by atoms with van der Waals surface area (Å²) in [7, 11) is 0. The molecule has 8 heteroatoms. The average Bonchev–Trinajstić information content (AvgIpc) is 2.83. The van der Waals surface area contributed by atoms with Gasteiger partial charge in [0, 0.05) is 0 Å². The molecule has 1 N–H and O–H groups in total. The second-order valence-corrected chi connectivity index (χ2v) is 7.98. The largest absolute Gasteiger partial charge is 0.352 e. The zero-order valence-electron chi connectivity index (χ0n) is 18.7. The molecule has 0 unspecified atom stereocenters. The first kappa shape index (κ1) is 22.8. The molecule has 0 aliphatic heterocycles. The van der Waals surface area contributed by atoms with Crippen LogP contribution in [0.25, 0.3) is 5.69 Å². The molecule has 3 aromatic carbocycles. The molecule has 1 atom stereocenters. The highest BCUT2D eigenvalue weighted by Gasteiger charge is 2.23. The van der Waals surface area contributed by atoms with Crippen molar-refractivity contribution in [3.63, 3.8) is 0 Å². The molecule has 1 aromatic heterocycles. The summed E-state index contributed by atoms with van der Waals surface area (Å²) < 4.78 is 16.2. The molecule has 0 bridgehead atoms. The Balaban J connectivity index is 1.83. The van der Waals surface area contributed by atoms with Gasteiger partial charge in [0.2, 0.25) is 5.69 Å². The number of hydrogen-bond donors (Lipinski definition) is 1. The van der Waals surface area contributed by atoms with E-state index in [4.69, 9.17) is 0 Å². The van der Waals surface area contributed by atoms with Crippen molar-refractivity contribution in [1.29, 1.82) is 0 Å². The molecule has 0 radical (unpaired) electrons. The van der Waals surface area contributed by atoms with E-state index in [0.29, 0.717) is 5.56 Å². The summed E-state index contributed by atoms with van der Waals surface area (Å²) in [5, 5.41) is 6.73. The molecule has 0 saturated carbocycles. The van der Waals surface area contributed by atoms with Crippen LogP contribution in [-0.4, -0.2) is 20.3 Å². The molecule has 1 heterocycles. The number of carbonyl (C=O) groups excluding carboxylic acids is 1. The SMILES string of the molecule is Cc1cccc(Cn2c(=O)c(C(=O)N[C@@H](C)c3ccccc3)nn(-c3ccccc3F)c2=O)c1. The number of hydrogen-bond acceptors (Lipinski definition) is 4. The normalized spacial score (nSPS) is 11.7. The number of aromatic nitrogens is 3. The van der Waals surface area contributed by atoms with Crippen LogP contribution in [0.2, 0.25) is 0 Å². The number of aryl methyl sites for hydroxylation is 1. The van der Waals surface area contributed by atoms with Gasteiger partial charge in [-0.25, -0.2) is 9.18 Å². The third-order valence-corrected chi connectivity index (χ3v) is 5.43. The van der Waals surface area contributed by atoms with E-state index < -0.39 is 34.7 Å². The summed E-state index contributed by atoms with van der Waals surface area (Å²) >= 11 is 0. The van der Waals surface area contributed by atoms with Crippen molar-refractivity contribution in [2.24, 2.45) is 0 Å². The maximum absolute atomic E-state index is 14.5. The first-order valence-corrected chi connectivity index (χ1v) is 10.8. The van der Waals surface area contributed by atoms with Crippen LogP contribution in [0.1, 0.15) is 40.1 Å². The molecule has 0 aliphatic rings. The molecule has 0 saturated heterocycles. The summed E-state index contributed by atoms with van der Waals surface area (Å²) in [5.74, 6) is -1.47. The molecule has 0 fully saturated rings. The Morgan fingerprint density at radius 3 is 2.41 bits per heavy atom. The Morgan fingerprint density at radius 1 is 1.00 bits per heavy atom. The number of rotatable bonds is 6. The highest BCUT2D eigenvalue weighted by molar-refractivity contribution is 5.92. The zero-order chi connectivity index (χ0) is 24.2. The van der Waals surface area contributed by atoms with Gasteiger partial charge >= 0.3 is 5.69 Å². The van der Waals surface area contributed by atoms with E-state index in [1.54, 1.807) is 25.1 Å². The van der Waals surface area contributed by atoms with Crippen molar-refractivity contribution >= 4 is 5.91 Å². The van der Waals surface area contributed by atoms with Crippen molar-refractivity contribution in [2.45, 2.75) is 26.4 Å². The summed E-state index contributed by atoms with van der Waals surface area (Å²) in [6.07, 6.45) is 0. The average molecular weight is 458 g/mol. The third-order valence-electron chi connectivity index (χ3n) is 5.43. The molecule has 7 nitrogen and oxygen atoms in total. The van der Waals surface area contributed by atoms with Gasteiger partial charge in [0.05, 0.1) is 12.6 Å². The molecular formula is C26H23FN4O3. The Bertz CT molecular complexity index is 1460. The smallest absolute Gasteiger partial charge is 0.344 e. The maximum Gasteiger partial charge on any atom is 0.352 e. The lowest BCUT2D eigenvalue weighted by atomic mass is 10.1. The van der Waals surface area contributed by atoms with Crippen LogP contribution in [0.3, 0.4) is 0 Å². The molecule has 4 aromatic rings. The van der Waals surface area contributed by atoms with Gasteiger partial charge in [-0.3, -0.25) is 14.2 Å². The Morgan fingerprint density at radius 2 is 1.71 bits per heavy atom. The van der Waals surface area contributed by atoms with Crippen LogP contribution in [0.15, 0.2) is 88.5 Å². The lowest BCUT2D eigenvalue weighted by molar-refractivity contribution is 0.0930. The summed E-state index contributed by atoms with van der Waals surface area (Å²) in [6, 6.07) is 21.6. The van der Waals surface area contributed by atoms with Gasteiger partial charge in [0.1, 0.15) is 11.5 Å². The van der Waals surface area contributed by atoms with E-state index >= 15 is 0 Å². The van der Waals surface area contributed by atoms with E-state index in [1.165, 1.54) is 18.2 Å². The number of nitrogens with zero attached hydrogens (tertiary/aromatic N) is 3. The van der Waals surface area contributed by atoms with Gasteiger partial charge in [-0.2, -0.15) is 9.78 Å². The van der Waals surface area contributed by atoms with Crippen molar-refractivity contribution in [3.8, 4) is 5.69 Å². The monoisotopic (exact) mass is 458 g/mol. The van der Waals surface area contributed by atoms with Gasteiger partial charge in [-0.05, 0) is 37.1 Å². The standard InChI is InChI=1S/C26H23FN4O3/c1-17-9-8-10-19(15-17)16-30-25(33)23(24(32)28-18(2)20-11-4-3-5-12-20)29-31(26(30)34)22-14-7-6-13-21(22)27/h3-15,18H,16H2,1-2H3,(H,28,32)/t18-/m0/s1. The molecule has 4 rings (SSSR count). The number of halogens is 1. The number of carbonyl (C=O) groups is 1. The second-order valence-electron chi connectivity index (χ2n) is 7.98. The molecular weight excluding hydrogens is 435 g/mol. The molecule has 34 heavy (non-hydrogen) atoms. The van der Waals surface area contributed by atoms with Gasteiger partial charge in [0.15, 0.2) is 0 Å². The molecule has 0 spiro atoms. The predicted octanol–water partition coefficient (Wildman–Crippen LogP) is 3.38. The fourth-order valence-electron chi connectivity index (χ4n) is 3.66.